The van der Waals surface area contributed by atoms with Gasteiger partial charge in [0.25, 0.3) is 6.71 Å². The first-order chi connectivity index (χ1) is 46.1. The molecule has 16 rings (SSSR count). The second kappa shape index (κ2) is 21.2. The minimum Gasteiger partial charge on any atom is -0.468 e. The van der Waals surface area contributed by atoms with Gasteiger partial charge in [-0.1, -0.05) is 220 Å². The normalized spacial score (nSPS) is 21.4. The lowest BCUT2D eigenvalue weighted by Gasteiger charge is -2.47. The van der Waals surface area contributed by atoms with Gasteiger partial charge in [0.1, 0.15) is 5.58 Å². The number of fused-ring (bicyclic) bond motifs is 11. The molecule has 0 unspecified atom stereocenters. The summed E-state index contributed by atoms with van der Waals surface area (Å²) in [5.41, 5.74) is 33.4. The van der Waals surface area contributed by atoms with Crippen molar-refractivity contribution in [3.63, 3.8) is 0 Å². The molecule has 0 spiro atoms. The predicted octanol–water partition coefficient (Wildman–Crippen LogP) is 24.7. The molecule has 1 aromatic heterocycles. The Morgan fingerprint density at radius 3 is 1.25 bits per heavy atom. The van der Waals surface area contributed by atoms with Gasteiger partial charge in [-0.25, -0.2) is 0 Å². The Hall–Kier alpha value is -7.24. The van der Waals surface area contributed by atoms with E-state index >= 15 is 0 Å². The van der Waals surface area contributed by atoms with Crippen LogP contribution in [0.2, 0.25) is 0 Å². The summed E-state index contributed by atoms with van der Waals surface area (Å²) in [5.74, 6) is 0. The Kier molecular flexibility index (Phi) is 14.2. The molecule has 0 fully saturated rings. The Morgan fingerprint density at radius 2 is 0.768 bits per heavy atom. The third-order valence-corrected chi connectivity index (χ3v) is 27.3. The number of nitrogens with zero attached hydrogens (tertiary/aromatic N) is 3. The van der Waals surface area contributed by atoms with Crippen molar-refractivity contribution in [3.05, 3.63) is 201 Å². The molecule has 5 heteroatoms. The molecule has 7 aliphatic rings. The summed E-state index contributed by atoms with van der Waals surface area (Å²) in [6.45, 7) is 56.7. The quantitative estimate of drug-likeness (QED) is 0.155. The Balaban J connectivity index is 1.11. The van der Waals surface area contributed by atoms with Crippen LogP contribution in [0.5, 0.6) is 0 Å². The molecular weight excluding hydrogens is 1200 g/mol. The molecule has 4 nitrogen and oxygen atoms in total. The maximum Gasteiger partial charge on any atom is 0.297 e. The van der Waals surface area contributed by atoms with Crippen LogP contribution in [-0.2, 0) is 59.6 Å². The lowest BCUT2D eigenvalue weighted by Crippen LogP contribution is -2.61. The van der Waals surface area contributed by atoms with Gasteiger partial charge in [0.15, 0.2) is 0 Å². The molecule has 99 heavy (non-hydrogen) atoms. The monoisotopic (exact) mass is 1310 g/mol. The predicted molar refractivity (Wildman–Crippen MR) is 425 cm³/mol. The molecule has 5 aliphatic carbocycles. The highest BCUT2D eigenvalue weighted by Crippen LogP contribution is 2.59. The molecule has 0 bridgehead atoms. The number of rotatable bonds is 6. The average molecular weight is 1310 g/mol. The van der Waals surface area contributed by atoms with E-state index in [0.717, 1.165) is 81.1 Å². The number of benzene rings is 8. The van der Waals surface area contributed by atoms with Crippen LogP contribution in [0.1, 0.15) is 285 Å². The van der Waals surface area contributed by atoms with Crippen LogP contribution in [0.3, 0.4) is 0 Å². The van der Waals surface area contributed by atoms with Crippen LogP contribution < -0.4 is 31.3 Å². The summed E-state index contributed by atoms with van der Waals surface area (Å²) in [4.78, 5) is 8.22. The van der Waals surface area contributed by atoms with Gasteiger partial charge in [-0.2, -0.15) is 0 Å². The first-order valence-corrected chi connectivity index (χ1v) is 38.1. The molecule has 8 aromatic carbocycles. The van der Waals surface area contributed by atoms with E-state index < -0.39 is 0 Å². The highest BCUT2D eigenvalue weighted by Gasteiger charge is 2.52. The van der Waals surface area contributed by atoms with Crippen LogP contribution in [-0.4, -0.2) is 6.71 Å². The van der Waals surface area contributed by atoms with Gasteiger partial charge in [-0.15, -0.1) is 0 Å². The van der Waals surface area contributed by atoms with E-state index in [1.54, 1.807) is 0 Å². The maximum absolute atomic E-state index is 8.11. The molecule has 0 saturated heterocycles. The zero-order chi connectivity index (χ0) is 70.4. The van der Waals surface area contributed by atoms with Crippen molar-refractivity contribution in [3.8, 4) is 11.1 Å². The van der Waals surface area contributed by atoms with Crippen LogP contribution in [0, 0.1) is 0 Å². The maximum atomic E-state index is 8.11. The summed E-state index contributed by atoms with van der Waals surface area (Å²) in [7, 11) is 0. The summed E-state index contributed by atoms with van der Waals surface area (Å²) in [6, 6.07) is 57.6. The van der Waals surface area contributed by atoms with Crippen molar-refractivity contribution < 1.29 is 4.42 Å². The van der Waals surface area contributed by atoms with E-state index in [1.165, 1.54) is 134 Å². The van der Waals surface area contributed by atoms with E-state index in [2.05, 4.69) is 313 Å². The van der Waals surface area contributed by atoms with Gasteiger partial charge in [0.05, 0.1) is 22.7 Å². The summed E-state index contributed by atoms with van der Waals surface area (Å²) < 4.78 is 8.11. The first-order valence-electron chi connectivity index (χ1n) is 38.1. The molecular formula is C94H112BN3O. The highest BCUT2D eigenvalue weighted by molar-refractivity contribution is 7.00. The summed E-state index contributed by atoms with van der Waals surface area (Å²) in [5, 5.41) is 1.20. The molecule has 0 N–H and O–H groups in total. The topological polar surface area (TPSA) is 22.9 Å². The van der Waals surface area contributed by atoms with Crippen molar-refractivity contribution in [2.24, 2.45) is 0 Å². The zero-order valence-electron chi connectivity index (χ0n) is 64.7. The van der Waals surface area contributed by atoms with Crippen molar-refractivity contribution >= 4 is 85.5 Å². The molecule has 0 saturated carbocycles. The zero-order valence-corrected chi connectivity index (χ0v) is 64.7. The van der Waals surface area contributed by atoms with Gasteiger partial charge in [0.2, 0.25) is 0 Å². The molecule has 0 amide bonds. The third kappa shape index (κ3) is 10.1. The number of anilines is 9. The highest BCUT2D eigenvalue weighted by atomic mass is 16.3. The van der Waals surface area contributed by atoms with Crippen molar-refractivity contribution in [2.75, 3.05) is 14.7 Å². The fraction of sp³-hybridized carbons (Fsp3) is 0.468. The Bertz CT molecular complexity index is 4790. The Morgan fingerprint density at radius 1 is 0.354 bits per heavy atom. The summed E-state index contributed by atoms with van der Waals surface area (Å²) >= 11 is 0. The van der Waals surface area contributed by atoms with E-state index in [0.29, 0.717) is 0 Å². The van der Waals surface area contributed by atoms with Gasteiger partial charge >= 0.3 is 0 Å². The van der Waals surface area contributed by atoms with Crippen LogP contribution >= 0.6 is 0 Å². The molecule has 512 valence electrons. The van der Waals surface area contributed by atoms with Crippen molar-refractivity contribution in [1.82, 2.24) is 0 Å². The molecule has 2 aliphatic heterocycles. The van der Waals surface area contributed by atoms with Crippen molar-refractivity contribution in [2.45, 2.75) is 283 Å². The van der Waals surface area contributed by atoms with E-state index in [1.807, 2.05) is 0 Å². The smallest absolute Gasteiger partial charge is 0.297 e. The standard InChI is InChI=1S/C94H112BN3O/c1-84(2,3)58-29-36-76(63(47-58)57-27-25-24-26-28-57)98-77-55-73-72(92(18,19)44-45-93(73,20)21)54-75(77)95-81-78(97(61-32-35-67-70(50-61)90(14,15)42-39-87(67,8)9)82-64-53-71-74(56-80(64)99-83(82)95)94(22,23)46-43-91(71,16)17)51-62(52-79(81)98)96(59-30-33-65-68(48-59)88(10,11)40-37-85(65,4)5)60-31-34-66-69(49-60)89(12,13)41-38-86(66,6)7/h24-36,47-56H,37-46H2,1-23H3. The lowest BCUT2D eigenvalue weighted by molar-refractivity contribution is 0.332. The lowest BCUT2D eigenvalue weighted by atomic mass is 9.35. The van der Waals surface area contributed by atoms with Gasteiger partial charge in [0, 0.05) is 45.1 Å². The van der Waals surface area contributed by atoms with Gasteiger partial charge in [-0.3, -0.25) is 0 Å². The van der Waals surface area contributed by atoms with E-state index in [9.17, 15) is 0 Å². The fourth-order valence-electron chi connectivity index (χ4n) is 19.9. The minimum absolute atomic E-state index is 0.0188. The fourth-order valence-corrected chi connectivity index (χ4v) is 19.9. The number of hydrogen-bond donors (Lipinski definition) is 0. The molecule has 0 radical (unpaired) electrons. The average Bonchev–Trinajstić information content (AvgIpc) is 1.67. The number of furan rings is 1. The molecule has 9 aromatic rings. The van der Waals surface area contributed by atoms with Crippen LogP contribution in [0.25, 0.3) is 22.1 Å². The molecule has 0 atom stereocenters. The van der Waals surface area contributed by atoms with Crippen LogP contribution in [0.15, 0.2) is 144 Å². The van der Waals surface area contributed by atoms with E-state index in [-0.39, 0.29) is 66.3 Å². The van der Waals surface area contributed by atoms with Crippen LogP contribution in [0.4, 0.5) is 51.2 Å². The molecule has 3 heterocycles. The van der Waals surface area contributed by atoms with E-state index in [4.69, 9.17) is 4.42 Å². The summed E-state index contributed by atoms with van der Waals surface area (Å²) in [6.07, 6.45) is 11.4. The third-order valence-electron chi connectivity index (χ3n) is 27.3. The van der Waals surface area contributed by atoms with Gasteiger partial charge < -0.3 is 19.1 Å². The second-order valence-electron chi connectivity index (χ2n) is 39.9. The Labute approximate surface area is 595 Å². The van der Waals surface area contributed by atoms with Gasteiger partial charge in [-0.05, 0) is 280 Å². The number of hydrogen-bond acceptors (Lipinski definition) is 4. The second-order valence-corrected chi connectivity index (χ2v) is 39.9. The minimum atomic E-state index is -0.257. The van der Waals surface area contributed by atoms with Crippen molar-refractivity contribution in [1.29, 1.82) is 0 Å². The SMILES string of the molecule is CC(C)(C)c1ccc(N2c3cc4c(cc3B3c5oc6cc7c(cc6c5N(c5ccc6c(c5)C(C)(C)CCC6(C)C)c5cc(N(c6ccc8c(c6)C(C)(C)CCC8(C)C)c6ccc8c(c6)C(C)(C)CCC8(C)C)cc2c53)C(C)(C)CCC7(C)C)C(C)(C)CCC4(C)C)c(-c2ccccc2)c1. The first kappa shape index (κ1) is 66.3. The largest absolute Gasteiger partial charge is 0.468 e.